The Hall–Kier alpha value is -2.04. The minimum absolute atomic E-state index is 0.0563. The Labute approximate surface area is 113 Å². The second-order valence-corrected chi connectivity index (χ2v) is 4.79. The van der Waals surface area contributed by atoms with Gasteiger partial charge in [0.1, 0.15) is 6.04 Å². The van der Waals surface area contributed by atoms with E-state index in [1.807, 2.05) is 20.8 Å². The highest BCUT2D eigenvalue weighted by Gasteiger charge is 2.25. The van der Waals surface area contributed by atoms with Gasteiger partial charge in [0.25, 0.3) is 5.91 Å². The molecule has 0 heterocycles. The Balaban J connectivity index is 2.87. The van der Waals surface area contributed by atoms with Crippen LogP contribution in [0.25, 0.3) is 0 Å². The van der Waals surface area contributed by atoms with E-state index in [0.29, 0.717) is 11.3 Å². The molecular weight excluding hydrogens is 244 g/mol. The highest BCUT2D eigenvalue weighted by molar-refractivity contribution is 5.97. The third kappa shape index (κ3) is 3.71. The molecule has 5 nitrogen and oxygen atoms in total. The van der Waals surface area contributed by atoms with Gasteiger partial charge < -0.3 is 15.8 Å². The quantitative estimate of drug-likeness (QED) is 0.638. The molecule has 0 saturated carbocycles. The molecular formula is C14H20N2O3. The van der Waals surface area contributed by atoms with Crippen LogP contribution in [0.5, 0.6) is 0 Å². The molecule has 1 rings (SSSR count). The molecule has 0 aliphatic rings. The van der Waals surface area contributed by atoms with E-state index in [-0.39, 0.29) is 11.8 Å². The molecule has 0 radical (unpaired) electrons. The van der Waals surface area contributed by atoms with Crippen LogP contribution in [0.3, 0.4) is 0 Å². The molecule has 1 amide bonds. The average Bonchev–Trinajstić information content (AvgIpc) is 2.37. The number of methoxy groups -OCH3 is 1. The lowest BCUT2D eigenvalue weighted by Gasteiger charge is -2.20. The fourth-order valence-electron chi connectivity index (χ4n) is 1.63. The number of benzene rings is 1. The van der Waals surface area contributed by atoms with Crippen LogP contribution in [-0.2, 0) is 9.53 Å². The molecule has 0 saturated heterocycles. The van der Waals surface area contributed by atoms with Crippen molar-refractivity contribution in [2.45, 2.75) is 26.8 Å². The summed E-state index contributed by atoms with van der Waals surface area (Å²) in [5.74, 6) is -0.849. The van der Waals surface area contributed by atoms with Crippen LogP contribution in [0.15, 0.2) is 18.2 Å². The van der Waals surface area contributed by atoms with E-state index in [1.54, 1.807) is 18.2 Å². The molecule has 0 aromatic heterocycles. The third-order valence-electron chi connectivity index (χ3n) is 2.95. The molecule has 0 unspecified atom stereocenters. The zero-order chi connectivity index (χ0) is 14.6. The number of carbonyl (C=O) groups is 2. The number of hydrogen-bond acceptors (Lipinski definition) is 4. The number of nitrogen functional groups attached to an aromatic ring is 1. The number of esters is 1. The molecule has 19 heavy (non-hydrogen) atoms. The lowest BCUT2D eigenvalue weighted by atomic mass is 10.0. The van der Waals surface area contributed by atoms with Crippen LogP contribution in [0.4, 0.5) is 5.69 Å². The van der Waals surface area contributed by atoms with Gasteiger partial charge in [0, 0.05) is 11.3 Å². The molecule has 5 heteroatoms. The van der Waals surface area contributed by atoms with Gasteiger partial charge in [-0.2, -0.15) is 0 Å². The Kier molecular flexibility index (Phi) is 4.92. The third-order valence-corrected chi connectivity index (χ3v) is 2.95. The first-order valence-corrected chi connectivity index (χ1v) is 6.11. The molecule has 0 spiro atoms. The van der Waals surface area contributed by atoms with Crippen molar-refractivity contribution >= 4 is 17.6 Å². The van der Waals surface area contributed by atoms with Gasteiger partial charge in [-0.3, -0.25) is 4.79 Å². The van der Waals surface area contributed by atoms with Crippen molar-refractivity contribution in [1.29, 1.82) is 0 Å². The summed E-state index contributed by atoms with van der Waals surface area (Å²) in [6.07, 6.45) is 0. The van der Waals surface area contributed by atoms with Crippen molar-refractivity contribution in [2.75, 3.05) is 12.8 Å². The number of nitrogens with one attached hydrogen (secondary N) is 1. The number of hydrogen-bond donors (Lipinski definition) is 2. The van der Waals surface area contributed by atoms with Gasteiger partial charge in [-0.05, 0) is 30.5 Å². The van der Waals surface area contributed by atoms with Gasteiger partial charge in [0.15, 0.2) is 0 Å². The van der Waals surface area contributed by atoms with E-state index < -0.39 is 12.0 Å². The van der Waals surface area contributed by atoms with Gasteiger partial charge in [-0.25, -0.2) is 4.79 Å². The van der Waals surface area contributed by atoms with Gasteiger partial charge in [0.2, 0.25) is 0 Å². The first-order chi connectivity index (χ1) is 8.86. The van der Waals surface area contributed by atoms with Crippen molar-refractivity contribution < 1.29 is 14.3 Å². The minimum atomic E-state index is -0.667. The van der Waals surface area contributed by atoms with Crippen molar-refractivity contribution in [3.05, 3.63) is 29.3 Å². The van der Waals surface area contributed by atoms with Crippen LogP contribution in [0.1, 0.15) is 29.8 Å². The number of amides is 1. The molecule has 1 atom stereocenters. The van der Waals surface area contributed by atoms with Gasteiger partial charge >= 0.3 is 5.97 Å². The van der Waals surface area contributed by atoms with E-state index >= 15 is 0 Å². The summed E-state index contributed by atoms with van der Waals surface area (Å²) in [4.78, 5) is 23.6. The summed E-state index contributed by atoms with van der Waals surface area (Å²) in [7, 11) is 1.30. The van der Waals surface area contributed by atoms with Crippen LogP contribution in [-0.4, -0.2) is 25.0 Å². The molecule has 3 N–H and O–H groups in total. The van der Waals surface area contributed by atoms with Crippen molar-refractivity contribution in [1.82, 2.24) is 5.32 Å². The maximum atomic E-state index is 12.1. The number of aryl methyl sites for hydroxylation is 1. The predicted octanol–water partition coefficient (Wildman–Crippen LogP) is 1.50. The second-order valence-electron chi connectivity index (χ2n) is 4.79. The molecule has 0 fully saturated rings. The fourth-order valence-corrected chi connectivity index (χ4v) is 1.63. The Morgan fingerprint density at radius 2 is 1.95 bits per heavy atom. The summed E-state index contributed by atoms with van der Waals surface area (Å²) >= 11 is 0. The zero-order valence-electron chi connectivity index (χ0n) is 11.7. The predicted molar refractivity (Wildman–Crippen MR) is 73.7 cm³/mol. The van der Waals surface area contributed by atoms with Crippen LogP contribution in [0, 0.1) is 12.8 Å². The first-order valence-electron chi connectivity index (χ1n) is 6.11. The maximum absolute atomic E-state index is 12.1. The molecule has 1 aromatic rings. The van der Waals surface area contributed by atoms with E-state index in [4.69, 9.17) is 5.73 Å². The molecule has 1 aromatic carbocycles. The van der Waals surface area contributed by atoms with Crippen molar-refractivity contribution in [3.8, 4) is 0 Å². The van der Waals surface area contributed by atoms with Crippen LogP contribution >= 0.6 is 0 Å². The highest BCUT2D eigenvalue weighted by Crippen LogP contribution is 2.13. The number of ether oxygens (including phenoxy) is 1. The smallest absolute Gasteiger partial charge is 0.328 e. The Bertz CT molecular complexity index is 484. The van der Waals surface area contributed by atoms with Crippen LogP contribution < -0.4 is 11.1 Å². The topological polar surface area (TPSA) is 81.4 Å². The SMILES string of the molecule is COC(=O)[C@@H](NC(=O)c1ccc(C)c(N)c1)C(C)C. The van der Waals surface area contributed by atoms with Gasteiger partial charge in [-0.1, -0.05) is 19.9 Å². The van der Waals surface area contributed by atoms with E-state index in [9.17, 15) is 9.59 Å². The zero-order valence-corrected chi connectivity index (χ0v) is 11.7. The summed E-state index contributed by atoms with van der Waals surface area (Å²) < 4.78 is 4.67. The number of carbonyl (C=O) groups excluding carboxylic acids is 2. The molecule has 104 valence electrons. The average molecular weight is 264 g/mol. The Morgan fingerprint density at radius 3 is 2.42 bits per heavy atom. The second kappa shape index (κ2) is 6.22. The summed E-state index contributed by atoms with van der Waals surface area (Å²) in [5.41, 5.74) is 7.65. The number of rotatable bonds is 4. The maximum Gasteiger partial charge on any atom is 0.328 e. The first kappa shape index (κ1) is 15.0. The van der Waals surface area contributed by atoms with Crippen LogP contribution in [0.2, 0.25) is 0 Å². The lowest BCUT2D eigenvalue weighted by Crippen LogP contribution is -2.45. The van der Waals surface area contributed by atoms with E-state index in [2.05, 4.69) is 10.1 Å². The summed E-state index contributed by atoms with van der Waals surface area (Å²) in [6.45, 7) is 5.54. The molecule has 0 bridgehead atoms. The van der Waals surface area contributed by atoms with E-state index in [0.717, 1.165) is 5.56 Å². The van der Waals surface area contributed by atoms with Crippen molar-refractivity contribution in [2.24, 2.45) is 5.92 Å². The highest BCUT2D eigenvalue weighted by atomic mass is 16.5. The molecule has 0 aliphatic carbocycles. The largest absolute Gasteiger partial charge is 0.467 e. The Morgan fingerprint density at radius 1 is 1.32 bits per heavy atom. The normalized spacial score (nSPS) is 12.1. The fraction of sp³-hybridized carbons (Fsp3) is 0.429. The lowest BCUT2D eigenvalue weighted by molar-refractivity contribution is -0.144. The van der Waals surface area contributed by atoms with Crippen molar-refractivity contribution in [3.63, 3.8) is 0 Å². The summed E-state index contributed by atoms with van der Waals surface area (Å²) in [6, 6.07) is 4.38. The number of nitrogens with two attached hydrogens (primary N) is 1. The number of anilines is 1. The monoisotopic (exact) mass is 264 g/mol. The van der Waals surface area contributed by atoms with E-state index in [1.165, 1.54) is 7.11 Å². The van der Waals surface area contributed by atoms with Gasteiger partial charge in [-0.15, -0.1) is 0 Å². The summed E-state index contributed by atoms with van der Waals surface area (Å²) in [5, 5.41) is 2.66. The van der Waals surface area contributed by atoms with Gasteiger partial charge in [0.05, 0.1) is 7.11 Å². The minimum Gasteiger partial charge on any atom is -0.467 e. The standard InChI is InChI=1S/C14H20N2O3/c1-8(2)12(14(18)19-4)16-13(17)10-6-5-9(3)11(15)7-10/h5-8,12H,15H2,1-4H3,(H,16,17)/t12-/m0/s1. The molecule has 0 aliphatic heterocycles.